The van der Waals surface area contributed by atoms with Gasteiger partial charge in [-0.1, -0.05) is 184 Å². The second-order valence-electron chi connectivity index (χ2n) is 21.0. The highest BCUT2D eigenvalue weighted by molar-refractivity contribution is 6.23. The van der Waals surface area contributed by atoms with Crippen LogP contribution in [0.25, 0.3) is 43.4 Å². The molecule has 0 spiro atoms. The molecular formula is C63H62N2. The van der Waals surface area contributed by atoms with Crippen molar-refractivity contribution in [1.82, 2.24) is 0 Å². The number of anilines is 6. The zero-order valence-electron chi connectivity index (χ0n) is 39.9. The molecule has 0 saturated carbocycles. The molecule has 0 heterocycles. The number of rotatable bonds is 8. The van der Waals surface area contributed by atoms with Crippen LogP contribution in [0.5, 0.6) is 0 Å². The Labute approximate surface area is 387 Å². The van der Waals surface area contributed by atoms with E-state index in [0.29, 0.717) is 11.8 Å². The Morgan fingerprint density at radius 3 is 1.28 bits per heavy atom. The molecule has 0 N–H and O–H groups in total. The van der Waals surface area contributed by atoms with Gasteiger partial charge in [-0.3, -0.25) is 0 Å². The number of fused-ring (bicyclic) bond motifs is 10. The van der Waals surface area contributed by atoms with Gasteiger partial charge < -0.3 is 9.80 Å². The summed E-state index contributed by atoms with van der Waals surface area (Å²) in [5.41, 5.74) is 14.4. The first-order valence-electron chi connectivity index (χ1n) is 23.7. The fourth-order valence-corrected chi connectivity index (χ4v) is 11.9. The first-order valence-corrected chi connectivity index (χ1v) is 23.7. The van der Waals surface area contributed by atoms with Crippen LogP contribution in [0.1, 0.15) is 103 Å². The van der Waals surface area contributed by atoms with Crippen molar-refractivity contribution in [3.05, 3.63) is 204 Å². The molecule has 0 fully saturated rings. The summed E-state index contributed by atoms with van der Waals surface area (Å²) >= 11 is 0. The summed E-state index contributed by atoms with van der Waals surface area (Å²) < 4.78 is 0. The molecule has 10 rings (SSSR count). The van der Waals surface area contributed by atoms with Gasteiger partial charge in [0.25, 0.3) is 0 Å². The van der Waals surface area contributed by atoms with E-state index in [9.17, 15) is 0 Å². The molecule has 65 heavy (non-hydrogen) atoms. The molecule has 0 aromatic heterocycles. The van der Waals surface area contributed by atoms with Gasteiger partial charge in [0.05, 0.1) is 5.69 Å². The van der Waals surface area contributed by atoms with E-state index in [1.165, 1.54) is 71.4 Å². The maximum Gasteiger partial charge on any atom is 0.0543 e. The smallest absolute Gasteiger partial charge is 0.0543 e. The predicted octanol–water partition coefficient (Wildman–Crippen LogP) is 18.7. The Bertz CT molecular complexity index is 3190. The van der Waals surface area contributed by atoms with Gasteiger partial charge in [0.2, 0.25) is 0 Å². The normalized spacial score (nSPS) is 13.5. The van der Waals surface area contributed by atoms with E-state index in [1.807, 2.05) is 0 Å². The number of benzene rings is 9. The second kappa shape index (κ2) is 15.8. The number of nitrogens with zero attached hydrogens (tertiary/aromatic N) is 2. The van der Waals surface area contributed by atoms with Gasteiger partial charge in [-0.25, -0.2) is 0 Å². The summed E-state index contributed by atoms with van der Waals surface area (Å²) in [6, 6.07) is 68.5. The quantitative estimate of drug-likeness (QED) is 0.141. The molecule has 0 atom stereocenters. The van der Waals surface area contributed by atoms with Crippen molar-refractivity contribution >= 4 is 66.4 Å². The van der Waals surface area contributed by atoms with Crippen LogP contribution in [0.15, 0.2) is 182 Å². The minimum Gasteiger partial charge on any atom is -0.310 e. The van der Waals surface area contributed by atoms with E-state index in [2.05, 4.69) is 261 Å². The molecule has 0 bridgehead atoms. The van der Waals surface area contributed by atoms with Gasteiger partial charge in [0.15, 0.2) is 0 Å². The van der Waals surface area contributed by atoms with Crippen LogP contribution in [-0.4, -0.2) is 0 Å². The highest BCUT2D eigenvalue weighted by atomic mass is 15.1. The van der Waals surface area contributed by atoms with Crippen LogP contribution in [0.4, 0.5) is 34.1 Å². The van der Waals surface area contributed by atoms with E-state index < -0.39 is 5.41 Å². The lowest BCUT2D eigenvalue weighted by molar-refractivity contribution is 0.0965. The average Bonchev–Trinajstić information content (AvgIpc) is 3.64. The molecule has 0 amide bonds. The number of para-hydroxylation sites is 2. The van der Waals surface area contributed by atoms with Gasteiger partial charge >= 0.3 is 0 Å². The summed E-state index contributed by atoms with van der Waals surface area (Å²) in [4.78, 5) is 4.92. The van der Waals surface area contributed by atoms with E-state index in [4.69, 9.17) is 0 Å². The van der Waals surface area contributed by atoms with Crippen molar-refractivity contribution in [3.63, 3.8) is 0 Å². The maximum absolute atomic E-state index is 2.60. The zero-order chi connectivity index (χ0) is 45.4. The van der Waals surface area contributed by atoms with Gasteiger partial charge in [0.1, 0.15) is 0 Å². The third-order valence-electron chi connectivity index (χ3n) is 14.5. The largest absolute Gasteiger partial charge is 0.310 e. The molecule has 2 heteroatoms. The van der Waals surface area contributed by atoms with Crippen molar-refractivity contribution in [2.24, 2.45) is 10.8 Å². The number of hydrogen-bond donors (Lipinski definition) is 0. The average molecular weight is 847 g/mol. The molecule has 2 nitrogen and oxygen atoms in total. The summed E-state index contributed by atoms with van der Waals surface area (Å²) in [6.45, 7) is 24.0. The van der Waals surface area contributed by atoms with Crippen LogP contribution in [-0.2, 0) is 5.41 Å². The molecule has 0 radical (unpaired) electrons. The van der Waals surface area contributed by atoms with E-state index in [0.717, 1.165) is 28.4 Å². The molecule has 0 saturated heterocycles. The van der Waals surface area contributed by atoms with Crippen molar-refractivity contribution < 1.29 is 0 Å². The van der Waals surface area contributed by atoms with Gasteiger partial charge in [-0.05, 0) is 150 Å². The maximum atomic E-state index is 2.60. The molecular weight excluding hydrogens is 785 g/mol. The highest BCUT2D eigenvalue weighted by Gasteiger charge is 2.59. The van der Waals surface area contributed by atoms with Crippen molar-refractivity contribution in [2.45, 2.75) is 86.5 Å². The molecule has 1 aliphatic rings. The van der Waals surface area contributed by atoms with Gasteiger partial charge in [-0.15, -0.1) is 0 Å². The standard InChI is InChI=1S/C63H62N2/c1-41(2)43-29-33-47(34-30-43)64(45-21-13-11-14-22-45)49-37-38-54-55(39-49)50-25-17-19-27-52(50)59-58-53-28-20-18-26-51(53)57(40-56(58)63(60(54)59,61(5,6)7)62(8,9)10)65(46-23-15-12-16-24-46)48-35-31-44(32-36-48)42(3)4/h11-42H,1-10H3. The lowest BCUT2D eigenvalue weighted by atomic mass is 9.49. The molecule has 0 unspecified atom stereocenters. The Balaban J connectivity index is 1.32. The Morgan fingerprint density at radius 2 is 0.769 bits per heavy atom. The second-order valence-corrected chi connectivity index (χ2v) is 21.0. The van der Waals surface area contributed by atoms with Crippen LogP contribution in [0.3, 0.4) is 0 Å². The van der Waals surface area contributed by atoms with E-state index in [-0.39, 0.29) is 10.8 Å². The summed E-state index contributed by atoms with van der Waals surface area (Å²) in [5.74, 6) is 0.912. The molecule has 9 aromatic rings. The fraction of sp³-hybridized carbons (Fsp3) is 0.238. The predicted molar refractivity (Wildman–Crippen MR) is 282 cm³/mol. The Hall–Kier alpha value is -6.64. The first kappa shape index (κ1) is 42.3. The van der Waals surface area contributed by atoms with Gasteiger partial charge in [-0.2, -0.15) is 0 Å². The minimum atomic E-state index is -0.414. The first-order chi connectivity index (χ1) is 31.2. The van der Waals surface area contributed by atoms with Crippen molar-refractivity contribution in [1.29, 1.82) is 0 Å². The minimum absolute atomic E-state index is 0.205. The highest BCUT2D eigenvalue weighted by Crippen LogP contribution is 2.69. The summed E-state index contributed by atoms with van der Waals surface area (Å²) in [7, 11) is 0. The van der Waals surface area contributed by atoms with E-state index >= 15 is 0 Å². The topological polar surface area (TPSA) is 6.48 Å². The third-order valence-corrected chi connectivity index (χ3v) is 14.5. The Kier molecular flexibility index (Phi) is 10.3. The summed E-state index contributed by atoms with van der Waals surface area (Å²) in [6.07, 6.45) is 0. The summed E-state index contributed by atoms with van der Waals surface area (Å²) in [5, 5.41) is 7.72. The van der Waals surface area contributed by atoms with Crippen molar-refractivity contribution in [2.75, 3.05) is 9.80 Å². The molecule has 1 aliphatic carbocycles. The van der Waals surface area contributed by atoms with Crippen LogP contribution >= 0.6 is 0 Å². The van der Waals surface area contributed by atoms with Gasteiger partial charge in [0, 0.05) is 39.2 Å². The molecule has 0 aliphatic heterocycles. The third kappa shape index (κ3) is 6.67. The van der Waals surface area contributed by atoms with Crippen LogP contribution < -0.4 is 9.80 Å². The van der Waals surface area contributed by atoms with E-state index in [1.54, 1.807) is 0 Å². The lowest BCUT2D eigenvalue weighted by Gasteiger charge is -2.53. The number of hydrogen-bond acceptors (Lipinski definition) is 2. The van der Waals surface area contributed by atoms with Crippen LogP contribution in [0, 0.1) is 10.8 Å². The lowest BCUT2D eigenvalue weighted by Crippen LogP contribution is -2.50. The zero-order valence-corrected chi connectivity index (χ0v) is 39.9. The monoisotopic (exact) mass is 846 g/mol. The Morgan fingerprint density at radius 1 is 0.354 bits per heavy atom. The molecule has 9 aromatic carbocycles. The SMILES string of the molecule is CC(C)c1ccc(N(c2ccccc2)c2ccc3c4c(c5ccccc5c3c2)-c2c(cc(N(c3ccccc3)c3ccc(C(C)C)cc3)c3ccccc23)C4(C(C)(C)C)C(C)(C)C)cc1. The van der Waals surface area contributed by atoms with Crippen molar-refractivity contribution in [3.8, 4) is 11.1 Å². The fourth-order valence-electron chi connectivity index (χ4n) is 11.9. The van der Waals surface area contributed by atoms with Crippen LogP contribution in [0.2, 0.25) is 0 Å². The molecule has 324 valence electrons.